The number of carbonyl (C=O) groups excluding carboxylic acids is 1. The van der Waals surface area contributed by atoms with Crippen LogP contribution < -0.4 is 5.32 Å². The summed E-state index contributed by atoms with van der Waals surface area (Å²) in [5, 5.41) is 12.6. The highest BCUT2D eigenvalue weighted by molar-refractivity contribution is 6.38. The molecule has 0 aliphatic carbocycles. The average molecular weight is 486 g/mol. The average Bonchev–Trinajstić information content (AvgIpc) is 3.37. The van der Waals surface area contributed by atoms with E-state index in [1.54, 1.807) is 4.68 Å². The first-order valence-electron chi connectivity index (χ1n) is 11.2. The van der Waals surface area contributed by atoms with Crippen LogP contribution in [0.25, 0.3) is 27.8 Å². The van der Waals surface area contributed by atoms with Crippen molar-refractivity contribution < 1.29 is 9.32 Å². The van der Waals surface area contributed by atoms with E-state index in [4.69, 9.17) is 16.1 Å². The lowest BCUT2D eigenvalue weighted by Gasteiger charge is -2.09. The predicted molar refractivity (Wildman–Crippen MR) is 136 cm³/mol. The molecule has 3 aromatic heterocycles. The molecule has 3 heterocycles. The standard InChI is InChI=1S/C27H24ClN5O2/c1-15-5-11-21(12-6-15)33-26-24(16(2)31-33)25(28)22(14-29-26)27(34)30-13-19-7-9-20(10-8-19)23-17(3)32-35-18(23)4/h5-12,14H,13H2,1-4H3,(H,30,34). The molecule has 35 heavy (non-hydrogen) atoms. The van der Waals surface area contributed by atoms with Crippen molar-refractivity contribution in [3.63, 3.8) is 0 Å². The highest BCUT2D eigenvalue weighted by Gasteiger charge is 2.20. The summed E-state index contributed by atoms with van der Waals surface area (Å²) < 4.78 is 7.01. The second-order valence-electron chi connectivity index (χ2n) is 8.60. The molecule has 0 spiro atoms. The van der Waals surface area contributed by atoms with E-state index in [0.29, 0.717) is 33.9 Å². The van der Waals surface area contributed by atoms with Crippen LogP contribution in [0.15, 0.2) is 59.3 Å². The molecule has 2 aromatic carbocycles. The zero-order chi connectivity index (χ0) is 24.7. The lowest BCUT2D eigenvalue weighted by Crippen LogP contribution is -2.23. The van der Waals surface area contributed by atoms with E-state index in [0.717, 1.165) is 39.4 Å². The molecule has 7 nitrogen and oxygen atoms in total. The molecule has 176 valence electrons. The van der Waals surface area contributed by atoms with Crippen molar-refractivity contribution in [1.29, 1.82) is 0 Å². The Bertz CT molecular complexity index is 1530. The molecule has 0 aliphatic heterocycles. The largest absolute Gasteiger partial charge is 0.361 e. The van der Waals surface area contributed by atoms with Crippen LogP contribution >= 0.6 is 11.6 Å². The minimum Gasteiger partial charge on any atom is -0.361 e. The molecule has 1 N–H and O–H groups in total. The number of amides is 1. The van der Waals surface area contributed by atoms with Gasteiger partial charge in [0, 0.05) is 18.3 Å². The molecule has 5 rings (SSSR count). The number of fused-ring (bicyclic) bond motifs is 1. The monoisotopic (exact) mass is 485 g/mol. The third kappa shape index (κ3) is 4.19. The summed E-state index contributed by atoms with van der Waals surface area (Å²) in [6.07, 6.45) is 1.51. The number of rotatable bonds is 5. The predicted octanol–water partition coefficient (Wildman–Crippen LogP) is 5.89. The number of pyridine rings is 1. The van der Waals surface area contributed by atoms with Crippen molar-refractivity contribution in [2.75, 3.05) is 0 Å². The normalized spacial score (nSPS) is 11.2. The second-order valence-corrected chi connectivity index (χ2v) is 8.97. The molecule has 0 radical (unpaired) electrons. The van der Waals surface area contributed by atoms with Gasteiger partial charge in [0.1, 0.15) is 5.76 Å². The first-order valence-corrected chi connectivity index (χ1v) is 11.6. The number of hydrogen-bond acceptors (Lipinski definition) is 5. The summed E-state index contributed by atoms with van der Waals surface area (Å²) in [6, 6.07) is 15.9. The van der Waals surface area contributed by atoms with Crippen molar-refractivity contribution in [3.8, 4) is 16.8 Å². The van der Waals surface area contributed by atoms with Gasteiger partial charge in [0.15, 0.2) is 5.65 Å². The molecule has 0 bridgehead atoms. The van der Waals surface area contributed by atoms with Gasteiger partial charge in [-0.05, 0) is 51.0 Å². The van der Waals surface area contributed by atoms with Crippen molar-refractivity contribution >= 4 is 28.5 Å². The third-order valence-electron chi connectivity index (χ3n) is 6.06. The zero-order valence-corrected chi connectivity index (χ0v) is 20.6. The Morgan fingerprint density at radius 2 is 1.71 bits per heavy atom. The van der Waals surface area contributed by atoms with E-state index < -0.39 is 0 Å². The number of hydrogen-bond donors (Lipinski definition) is 1. The lowest BCUT2D eigenvalue weighted by atomic mass is 10.0. The number of aryl methyl sites for hydroxylation is 4. The SMILES string of the molecule is Cc1ccc(-n2nc(C)c3c(Cl)c(C(=O)NCc4ccc(-c5c(C)noc5C)cc4)cnc32)cc1. The van der Waals surface area contributed by atoms with Gasteiger partial charge in [0.05, 0.1) is 33.0 Å². The maximum absolute atomic E-state index is 13.0. The highest BCUT2D eigenvalue weighted by Crippen LogP contribution is 2.30. The summed E-state index contributed by atoms with van der Waals surface area (Å²) in [6.45, 7) is 8.06. The van der Waals surface area contributed by atoms with Gasteiger partial charge >= 0.3 is 0 Å². The number of carbonyl (C=O) groups is 1. The van der Waals surface area contributed by atoms with Crippen molar-refractivity contribution in [2.24, 2.45) is 0 Å². The number of nitrogens with one attached hydrogen (secondary N) is 1. The Hall–Kier alpha value is -3.97. The van der Waals surface area contributed by atoms with Gasteiger partial charge in [0.25, 0.3) is 5.91 Å². The van der Waals surface area contributed by atoms with Crippen LogP contribution in [-0.4, -0.2) is 25.8 Å². The lowest BCUT2D eigenvalue weighted by molar-refractivity contribution is 0.0951. The quantitative estimate of drug-likeness (QED) is 0.335. The van der Waals surface area contributed by atoms with E-state index in [1.807, 2.05) is 76.2 Å². The summed E-state index contributed by atoms with van der Waals surface area (Å²) in [5.74, 6) is 0.490. The van der Waals surface area contributed by atoms with Gasteiger partial charge < -0.3 is 9.84 Å². The summed E-state index contributed by atoms with van der Waals surface area (Å²) in [7, 11) is 0. The fourth-order valence-electron chi connectivity index (χ4n) is 4.19. The molecule has 0 atom stereocenters. The molecule has 0 fully saturated rings. The fraction of sp³-hybridized carbons (Fsp3) is 0.185. The van der Waals surface area contributed by atoms with Crippen LogP contribution in [0.3, 0.4) is 0 Å². The minimum absolute atomic E-state index is 0.290. The van der Waals surface area contributed by atoms with Crippen LogP contribution in [0, 0.1) is 27.7 Å². The summed E-state index contributed by atoms with van der Waals surface area (Å²) in [4.78, 5) is 17.5. The number of nitrogens with zero attached hydrogens (tertiary/aromatic N) is 4. The second kappa shape index (κ2) is 9.00. The molecule has 0 saturated heterocycles. The van der Waals surface area contributed by atoms with Crippen LogP contribution in [0.2, 0.25) is 5.02 Å². The molecule has 0 aliphatic rings. The molecule has 0 unspecified atom stereocenters. The Balaban J connectivity index is 1.36. The van der Waals surface area contributed by atoms with E-state index >= 15 is 0 Å². The maximum Gasteiger partial charge on any atom is 0.254 e. The number of halogens is 1. The molecule has 5 aromatic rings. The fourth-order valence-corrected chi connectivity index (χ4v) is 4.55. The van der Waals surface area contributed by atoms with Crippen LogP contribution in [0.4, 0.5) is 0 Å². The van der Waals surface area contributed by atoms with Crippen LogP contribution in [-0.2, 0) is 6.54 Å². The third-order valence-corrected chi connectivity index (χ3v) is 6.45. The molecule has 1 amide bonds. The van der Waals surface area contributed by atoms with E-state index in [2.05, 4.69) is 20.6 Å². The van der Waals surface area contributed by atoms with E-state index in [-0.39, 0.29) is 5.91 Å². The minimum atomic E-state index is -0.290. The van der Waals surface area contributed by atoms with E-state index in [9.17, 15) is 4.79 Å². The van der Waals surface area contributed by atoms with Crippen LogP contribution in [0.1, 0.15) is 38.6 Å². The number of aromatic nitrogens is 4. The Kier molecular flexibility index (Phi) is 5.86. The van der Waals surface area contributed by atoms with Crippen molar-refractivity contribution in [2.45, 2.75) is 34.2 Å². The molecule has 0 saturated carbocycles. The molecule has 8 heteroatoms. The van der Waals surface area contributed by atoms with Crippen molar-refractivity contribution in [3.05, 3.63) is 93.6 Å². The smallest absolute Gasteiger partial charge is 0.254 e. The Morgan fingerprint density at radius 1 is 1.00 bits per heavy atom. The molecular weight excluding hydrogens is 462 g/mol. The zero-order valence-electron chi connectivity index (χ0n) is 19.9. The van der Waals surface area contributed by atoms with E-state index in [1.165, 1.54) is 6.20 Å². The van der Waals surface area contributed by atoms with Gasteiger partial charge in [-0.2, -0.15) is 5.10 Å². The highest BCUT2D eigenvalue weighted by atomic mass is 35.5. The van der Waals surface area contributed by atoms with Crippen molar-refractivity contribution in [1.82, 2.24) is 25.2 Å². The van der Waals surface area contributed by atoms with Gasteiger partial charge in [-0.3, -0.25) is 4.79 Å². The Morgan fingerprint density at radius 3 is 2.37 bits per heavy atom. The van der Waals surface area contributed by atoms with Gasteiger partial charge in [-0.1, -0.05) is 58.7 Å². The summed E-state index contributed by atoms with van der Waals surface area (Å²) >= 11 is 6.69. The van der Waals surface area contributed by atoms with Gasteiger partial charge in [-0.15, -0.1) is 0 Å². The van der Waals surface area contributed by atoms with Crippen LogP contribution in [0.5, 0.6) is 0 Å². The maximum atomic E-state index is 13.0. The topological polar surface area (TPSA) is 85.8 Å². The Labute approximate surface area is 207 Å². The molecular formula is C27H24ClN5O2. The van der Waals surface area contributed by atoms with Gasteiger partial charge in [-0.25, -0.2) is 9.67 Å². The first-order chi connectivity index (χ1) is 16.8. The number of benzene rings is 2. The first kappa shape index (κ1) is 22.8. The van der Waals surface area contributed by atoms with Gasteiger partial charge in [0.2, 0.25) is 0 Å². The summed E-state index contributed by atoms with van der Waals surface area (Å²) in [5.41, 5.74) is 7.51.